The predicted molar refractivity (Wildman–Crippen MR) is 219 cm³/mol. The number of esters is 1. The van der Waals surface area contributed by atoms with Gasteiger partial charge in [-0.2, -0.15) is 20.4 Å². The fourth-order valence-electron chi connectivity index (χ4n) is 5.12. The van der Waals surface area contributed by atoms with Gasteiger partial charge in [-0.15, -0.1) is 6.42 Å². The first-order valence-corrected chi connectivity index (χ1v) is 17.4. The first kappa shape index (κ1) is 48.3. The van der Waals surface area contributed by atoms with Crippen LogP contribution in [0.1, 0.15) is 57.7 Å². The number of nitrogens with one attached hydrogen (secondary N) is 4. The minimum absolute atomic E-state index is 0. The number of aromatic nitrogens is 8. The zero-order valence-corrected chi connectivity index (χ0v) is 34.7. The van der Waals surface area contributed by atoms with Crippen LogP contribution in [0.25, 0.3) is 43.6 Å². The largest absolute Gasteiger partial charge is 2.00 e. The number of aromatic amines is 4. The van der Waals surface area contributed by atoms with Gasteiger partial charge in [0.1, 0.15) is 12.4 Å². The Kier molecular flexibility index (Phi) is 21.8. The van der Waals surface area contributed by atoms with E-state index in [4.69, 9.17) is 27.4 Å². The number of aliphatic hydroxyl groups is 2. The van der Waals surface area contributed by atoms with Crippen LogP contribution >= 0.6 is 0 Å². The van der Waals surface area contributed by atoms with E-state index in [1.807, 2.05) is 36.4 Å². The Hall–Kier alpha value is -5.85. The van der Waals surface area contributed by atoms with Crippen LogP contribution in [0, 0.1) is 25.2 Å². The summed E-state index contributed by atoms with van der Waals surface area (Å²) in [5, 5.41) is 48.9. The Balaban J connectivity index is 0.000000251. The number of halogens is 1. The van der Waals surface area contributed by atoms with Gasteiger partial charge in [-0.05, 0) is 61.2 Å². The first-order valence-electron chi connectivity index (χ1n) is 17.4. The molecule has 0 radical (unpaired) electrons. The van der Waals surface area contributed by atoms with Crippen LogP contribution in [0.3, 0.4) is 0 Å². The Morgan fingerprint density at radius 2 is 1.29 bits per heavy atom. The Morgan fingerprint density at radius 1 is 0.810 bits per heavy atom. The monoisotopic (exact) mass is 856 g/mol. The van der Waals surface area contributed by atoms with E-state index in [9.17, 15) is 14.7 Å². The molecule has 9 rings (SSSR count). The number of carbonyl (C=O) groups is 2. The SMILES string of the molecule is C#CC(O)c1ccc2cn[nH]c2c1.C1CCOC1.CCOC(=O)c1ccc2cn[nH]c2c1.O=Cc1ccc2cn[nH]c2c1.OCc1ccc2cn[nH]c2c1.[Br-].[C-]#C.[Mg+2]. The number of fused-ring (bicyclic) bond motifs is 4. The fraction of sp³-hybridized carbons (Fsp3) is 0.190. The minimum atomic E-state index is -0.840. The number of nitrogens with zero attached hydrogens (tertiary/aromatic N) is 4. The third kappa shape index (κ3) is 14.3. The average Bonchev–Trinajstić information content (AvgIpc) is 4.11. The topological polar surface area (TPSA) is 208 Å². The van der Waals surface area contributed by atoms with Crippen LogP contribution in [-0.4, -0.2) is 106 Å². The van der Waals surface area contributed by atoms with Gasteiger partial charge in [0.25, 0.3) is 0 Å². The first-order chi connectivity index (χ1) is 27.4. The van der Waals surface area contributed by atoms with Crippen LogP contribution in [0.15, 0.2) is 97.6 Å². The summed E-state index contributed by atoms with van der Waals surface area (Å²) >= 11 is 0. The van der Waals surface area contributed by atoms with Gasteiger partial charge in [0.05, 0.1) is 65.6 Å². The molecule has 16 heteroatoms. The smallest absolute Gasteiger partial charge is 1.00 e. The number of aliphatic hydroxyl groups excluding tert-OH is 2. The number of terminal acetylenes is 2. The number of hydrogen-bond acceptors (Lipinski definition) is 10. The van der Waals surface area contributed by atoms with E-state index < -0.39 is 6.10 Å². The van der Waals surface area contributed by atoms with Crippen molar-refractivity contribution < 1.29 is 46.3 Å². The van der Waals surface area contributed by atoms with E-state index in [1.165, 1.54) is 12.8 Å². The van der Waals surface area contributed by atoms with E-state index in [0.29, 0.717) is 23.3 Å². The van der Waals surface area contributed by atoms with E-state index in [-0.39, 0.29) is 52.6 Å². The van der Waals surface area contributed by atoms with Crippen molar-refractivity contribution in [2.24, 2.45) is 0 Å². The van der Waals surface area contributed by atoms with E-state index in [2.05, 4.69) is 53.1 Å². The van der Waals surface area contributed by atoms with Gasteiger partial charge in [0, 0.05) is 40.3 Å². The summed E-state index contributed by atoms with van der Waals surface area (Å²) in [7, 11) is 0. The summed E-state index contributed by atoms with van der Waals surface area (Å²) < 4.78 is 9.82. The Labute approximate surface area is 361 Å². The number of hydrogen-bond donors (Lipinski definition) is 6. The van der Waals surface area contributed by atoms with Gasteiger partial charge in [0.15, 0.2) is 0 Å². The summed E-state index contributed by atoms with van der Waals surface area (Å²) in [4.78, 5) is 21.7. The predicted octanol–water partition coefficient (Wildman–Crippen LogP) is 3.03. The number of H-pyrrole nitrogens is 4. The summed E-state index contributed by atoms with van der Waals surface area (Å²) in [6, 6.07) is 21.9. The molecular weight excluding hydrogens is 817 g/mol. The molecule has 0 bridgehead atoms. The van der Waals surface area contributed by atoms with Crippen molar-refractivity contribution in [1.29, 1.82) is 0 Å². The van der Waals surface area contributed by atoms with Crippen molar-refractivity contribution in [3.05, 3.63) is 126 Å². The fourth-order valence-corrected chi connectivity index (χ4v) is 5.12. The number of rotatable bonds is 5. The van der Waals surface area contributed by atoms with Crippen molar-refractivity contribution in [3.63, 3.8) is 0 Å². The molecule has 1 aliphatic heterocycles. The van der Waals surface area contributed by atoms with Crippen molar-refractivity contribution in [1.82, 2.24) is 40.8 Å². The normalized spacial score (nSPS) is 11.4. The Morgan fingerprint density at radius 3 is 1.78 bits per heavy atom. The third-order valence-corrected chi connectivity index (χ3v) is 8.01. The molecule has 8 aromatic rings. The Bertz CT molecular complexity index is 2490. The summed E-state index contributed by atoms with van der Waals surface area (Å²) in [6.07, 6.45) is 23.6. The van der Waals surface area contributed by atoms with Gasteiger partial charge in [-0.1, -0.05) is 48.4 Å². The molecule has 1 aliphatic rings. The van der Waals surface area contributed by atoms with Crippen molar-refractivity contribution in [2.75, 3.05) is 19.8 Å². The molecule has 4 aromatic carbocycles. The number of aldehydes is 1. The maximum Gasteiger partial charge on any atom is 2.00 e. The van der Waals surface area contributed by atoms with Crippen LogP contribution in [0.4, 0.5) is 0 Å². The van der Waals surface area contributed by atoms with Crippen molar-refractivity contribution in [2.45, 2.75) is 32.5 Å². The quantitative estimate of drug-likeness (QED) is 0.0491. The maximum atomic E-state index is 11.4. The third-order valence-electron chi connectivity index (χ3n) is 8.01. The van der Waals surface area contributed by atoms with Gasteiger partial charge < -0.3 is 49.5 Å². The molecule has 1 atom stereocenters. The second-order valence-corrected chi connectivity index (χ2v) is 11.8. The molecule has 14 nitrogen and oxygen atoms in total. The van der Waals surface area contributed by atoms with Crippen LogP contribution in [0.5, 0.6) is 0 Å². The summed E-state index contributed by atoms with van der Waals surface area (Å²) in [5.41, 5.74) is 6.42. The number of carbonyl (C=O) groups excluding carboxylic acids is 2. The second kappa shape index (κ2) is 26.1. The molecule has 0 aliphatic carbocycles. The average molecular weight is 858 g/mol. The van der Waals surface area contributed by atoms with Gasteiger partial charge in [-0.25, -0.2) is 4.79 Å². The number of benzene rings is 4. The van der Waals surface area contributed by atoms with Crippen LogP contribution < -0.4 is 17.0 Å². The molecule has 294 valence electrons. The van der Waals surface area contributed by atoms with E-state index in [0.717, 1.165) is 68.7 Å². The van der Waals surface area contributed by atoms with Gasteiger partial charge >= 0.3 is 29.0 Å². The zero-order valence-electron chi connectivity index (χ0n) is 31.7. The molecule has 0 saturated carbocycles. The number of ether oxygens (including phenoxy) is 2. The van der Waals surface area contributed by atoms with Gasteiger partial charge in [0.2, 0.25) is 0 Å². The maximum absolute atomic E-state index is 11.4. The molecule has 4 aromatic heterocycles. The molecule has 0 amide bonds. The van der Waals surface area contributed by atoms with E-state index >= 15 is 0 Å². The second-order valence-electron chi connectivity index (χ2n) is 11.8. The van der Waals surface area contributed by atoms with Crippen LogP contribution in [-0.2, 0) is 16.1 Å². The zero-order chi connectivity index (χ0) is 40.1. The van der Waals surface area contributed by atoms with Crippen molar-refractivity contribution >= 4 is 78.9 Å². The molecule has 58 heavy (non-hydrogen) atoms. The van der Waals surface area contributed by atoms with Gasteiger partial charge in [-0.3, -0.25) is 25.2 Å². The summed E-state index contributed by atoms with van der Waals surface area (Å²) in [5.74, 6) is 1.96. The molecule has 6 N–H and O–H groups in total. The minimum Gasteiger partial charge on any atom is -1.00 e. The molecular formula is C42H41BrMgN8O6. The standard InChI is InChI=1S/C10H10N2O2.C10H8N2O.C8H8N2O.C8H6N2O.C4H8O.C2H.BrH.Mg/c1-2-14-10(13)7-3-4-8-6-11-12-9(8)5-7;1-2-10(13)7-3-4-8-6-11-12-9(8)5-7;2*11-5-6-1-2-7-4-9-10-8(7)3-6;1-2-4-5-3-1;1-2;;/h3-6H,2H2,1H3,(H,11,12);1,3-6,10,13H,(H,11,12);1-4,11H,5H2,(H,9,10);1-5H,(H,9,10);1-4H2;1H;1H;/q;;;;;-1;;+2/p-1. The van der Waals surface area contributed by atoms with E-state index in [1.54, 1.807) is 68.1 Å². The molecule has 0 spiro atoms. The molecule has 1 fully saturated rings. The van der Waals surface area contributed by atoms with Crippen LogP contribution in [0.2, 0.25) is 0 Å². The van der Waals surface area contributed by atoms with Crippen molar-refractivity contribution in [3.8, 4) is 18.8 Å². The summed E-state index contributed by atoms with van der Waals surface area (Å²) in [6.45, 7) is 4.25. The molecule has 1 unspecified atom stereocenters. The molecule has 5 heterocycles. The molecule has 1 saturated heterocycles.